The summed E-state index contributed by atoms with van der Waals surface area (Å²) in [5, 5.41) is 8.49. The van der Waals surface area contributed by atoms with Crippen LogP contribution in [-0.2, 0) is 10.1 Å². The zero-order valence-electron chi connectivity index (χ0n) is 5.33. The molecule has 0 aromatic heterocycles. The molecule has 0 saturated carbocycles. The van der Waals surface area contributed by atoms with Gasteiger partial charge >= 0.3 is 29.6 Å². The second-order valence-electron chi connectivity index (χ2n) is 1.41. The number of rotatable bonds is 1. The average Bonchev–Trinajstić information content (AvgIpc) is 1.59. The monoisotopic (exact) mass is 251 g/mol. The van der Waals surface area contributed by atoms with Crippen molar-refractivity contribution in [3.63, 3.8) is 0 Å². The smallest absolute Gasteiger partial charge is 0.372 e. The Labute approximate surface area is 101 Å². The second kappa shape index (κ2) is 4.83. The first kappa shape index (κ1) is 15.2. The van der Waals surface area contributed by atoms with E-state index in [0.717, 1.165) is 0 Å². The zero-order valence-corrected chi connectivity index (χ0v) is 10.4. The molecule has 0 saturated heterocycles. The van der Waals surface area contributed by atoms with Crippen LogP contribution in [0.1, 0.15) is 0 Å². The van der Waals surface area contributed by atoms with Gasteiger partial charge in [-0.15, -0.1) is 0 Å². The molecule has 0 radical (unpaired) electrons. The van der Waals surface area contributed by atoms with Gasteiger partial charge in [0, 0.05) is 0 Å². The SMILES string of the molecule is O=S(=O)(O)C(O)C(Cl)(Cl)Cl.[Na+]. The van der Waals surface area contributed by atoms with Gasteiger partial charge in [0.15, 0.2) is 0 Å². The molecule has 0 amide bonds. The molecule has 9 heteroatoms. The Bertz CT molecular complexity index is 208. The molecule has 0 aliphatic carbocycles. The summed E-state index contributed by atoms with van der Waals surface area (Å²) in [7, 11) is -4.70. The Hall–Kier alpha value is 1.74. The van der Waals surface area contributed by atoms with Crippen LogP contribution < -0.4 is 29.6 Å². The molecule has 11 heavy (non-hydrogen) atoms. The van der Waals surface area contributed by atoms with Gasteiger partial charge in [-0.2, -0.15) is 8.42 Å². The van der Waals surface area contributed by atoms with E-state index < -0.39 is 19.3 Å². The van der Waals surface area contributed by atoms with Crippen LogP contribution in [-0.4, -0.2) is 27.3 Å². The van der Waals surface area contributed by atoms with Crippen molar-refractivity contribution in [2.45, 2.75) is 9.23 Å². The van der Waals surface area contributed by atoms with Crippen LogP contribution in [0.2, 0.25) is 0 Å². The van der Waals surface area contributed by atoms with Gasteiger partial charge in [-0.1, -0.05) is 34.8 Å². The van der Waals surface area contributed by atoms with Crippen LogP contribution in [0.15, 0.2) is 0 Å². The molecule has 4 nitrogen and oxygen atoms in total. The molecular formula is C2H3Cl3NaO4S+. The molecule has 0 fully saturated rings. The van der Waals surface area contributed by atoms with Crippen molar-refractivity contribution in [2.75, 3.05) is 0 Å². The number of hydrogen-bond donors (Lipinski definition) is 2. The Balaban J connectivity index is 0. The summed E-state index contributed by atoms with van der Waals surface area (Å²) in [4.78, 5) is 0. The summed E-state index contributed by atoms with van der Waals surface area (Å²) in [5.41, 5.74) is -2.41. The normalized spacial score (nSPS) is 15.4. The van der Waals surface area contributed by atoms with Crippen molar-refractivity contribution in [3.8, 4) is 0 Å². The van der Waals surface area contributed by atoms with E-state index in [9.17, 15) is 8.42 Å². The minimum Gasteiger partial charge on any atom is -0.372 e. The van der Waals surface area contributed by atoms with Crippen LogP contribution in [0.3, 0.4) is 0 Å². The van der Waals surface area contributed by atoms with Crippen molar-refractivity contribution in [1.82, 2.24) is 0 Å². The van der Waals surface area contributed by atoms with Crippen LogP contribution in [0.5, 0.6) is 0 Å². The van der Waals surface area contributed by atoms with E-state index in [-0.39, 0.29) is 29.6 Å². The first-order valence-corrected chi connectivity index (χ1v) is 4.50. The van der Waals surface area contributed by atoms with E-state index in [1.165, 1.54) is 0 Å². The molecular weight excluding hydrogens is 249 g/mol. The molecule has 0 spiro atoms. The summed E-state index contributed by atoms with van der Waals surface area (Å²) in [6.45, 7) is 0. The first-order valence-electron chi connectivity index (χ1n) is 1.87. The van der Waals surface area contributed by atoms with Gasteiger partial charge in [0.05, 0.1) is 0 Å². The van der Waals surface area contributed by atoms with Gasteiger partial charge in [0.25, 0.3) is 10.1 Å². The quantitative estimate of drug-likeness (QED) is 0.309. The fraction of sp³-hybridized carbons (Fsp3) is 1.00. The van der Waals surface area contributed by atoms with Crippen molar-refractivity contribution in [3.05, 3.63) is 0 Å². The number of halogens is 3. The maximum absolute atomic E-state index is 10.0. The summed E-state index contributed by atoms with van der Waals surface area (Å²) in [6.07, 6.45) is 0. The van der Waals surface area contributed by atoms with Gasteiger partial charge in [0.2, 0.25) is 9.23 Å². The molecule has 2 N–H and O–H groups in total. The molecule has 0 rings (SSSR count). The van der Waals surface area contributed by atoms with Gasteiger partial charge in [-0.3, -0.25) is 4.55 Å². The zero-order chi connectivity index (χ0) is 8.58. The van der Waals surface area contributed by atoms with Gasteiger partial charge in [0.1, 0.15) is 0 Å². The van der Waals surface area contributed by atoms with Crippen LogP contribution in [0.4, 0.5) is 0 Å². The minimum atomic E-state index is -4.70. The van der Waals surface area contributed by atoms with Gasteiger partial charge in [-0.05, 0) is 0 Å². The van der Waals surface area contributed by atoms with Crippen molar-refractivity contribution < 1.29 is 47.6 Å². The third-order valence-corrected chi connectivity index (χ3v) is 2.49. The molecule has 0 aromatic carbocycles. The number of alkyl halides is 3. The largest absolute Gasteiger partial charge is 1.00 e. The average molecular weight is 252 g/mol. The van der Waals surface area contributed by atoms with Crippen LogP contribution in [0.25, 0.3) is 0 Å². The number of hydrogen-bond acceptors (Lipinski definition) is 3. The summed E-state index contributed by atoms with van der Waals surface area (Å²) < 4.78 is 25.7. The van der Waals surface area contributed by atoms with E-state index >= 15 is 0 Å². The molecule has 0 aromatic rings. The number of aliphatic hydroxyl groups excluding tert-OH is 1. The standard InChI is InChI=1S/C2H3Cl3O4S.Na/c3-2(4,5)1(6)10(7,8)9;/h1,6H,(H,7,8,9);/q;+1. The second-order valence-corrected chi connectivity index (χ2v) is 5.25. The minimum absolute atomic E-state index is 0. The Morgan fingerprint density at radius 2 is 1.55 bits per heavy atom. The van der Waals surface area contributed by atoms with Crippen molar-refractivity contribution in [1.29, 1.82) is 0 Å². The predicted octanol–water partition coefficient (Wildman–Crippen LogP) is -2.43. The van der Waals surface area contributed by atoms with E-state index in [0.29, 0.717) is 0 Å². The molecule has 1 unspecified atom stereocenters. The molecule has 62 valence electrons. The van der Waals surface area contributed by atoms with Crippen LogP contribution in [0, 0.1) is 0 Å². The summed E-state index contributed by atoms with van der Waals surface area (Å²) in [6, 6.07) is 0. The Morgan fingerprint density at radius 1 is 1.27 bits per heavy atom. The third kappa shape index (κ3) is 5.90. The Kier molecular flexibility index (Phi) is 6.69. The molecule has 0 aliphatic rings. The van der Waals surface area contributed by atoms with E-state index in [1.807, 2.05) is 0 Å². The van der Waals surface area contributed by atoms with Crippen molar-refractivity contribution >= 4 is 44.9 Å². The molecule has 0 heterocycles. The number of aliphatic hydroxyl groups is 1. The van der Waals surface area contributed by atoms with E-state index in [2.05, 4.69) is 0 Å². The molecule has 0 bridgehead atoms. The Morgan fingerprint density at radius 3 is 1.55 bits per heavy atom. The van der Waals surface area contributed by atoms with E-state index in [4.69, 9.17) is 44.5 Å². The summed E-state index contributed by atoms with van der Waals surface area (Å²) in [5.74, 6) is 0. The predicted molar refractivity (Wildman–Crippen MR) is 37.8 cm³/mol. The third-order valence-electron chi connectivity index (χ3n) is 0.562. The van der Waals surface area contributed by atoms with Gasteiger partial charge < -0.3 is 5.11 Å². The maximum atomic E-state index is 10.0. The topological polar surface area (TPSA) is 74.6 Å². The molecule has 1 atom stereocenters. The van der Waals surface area contributed by atoms with E-state index in [1.54, 1.807) is 0 Å². The van der Waals surface area contributed by atoms with Gasteiger partial charge in [-0.25, -0.2) is 0 Å². The van der Waals surface area contributed by atoms with Crippen LogP contribution >= 0.6 is 34.8 Å². The first-order chi connectivity index (χ1) is 4.15. The maximum Gasteiger partial charge on any atom is 1.00 e. The summed E-state index contributed by atoms with van der Waals surface area (Å²) >= 11 is 14.7. The molecule has 0 aliphatic heterocycles. The fourth-order valence-electron chi connectivity index (χ4n) is 0.169. The fourth-order valence-corrected chi connectivity index (χ4v) is 1.52. The van der Waals surface area contributed by atoms with Crippen molar-refractivity contribution in [2.24, 2.45) is 0 Å².